The van der Waals surface area contributed by atoms with Gasteiger partial charge in [-0.1, -0.05) is 67.7 Å². The minimum atomic E-state index is -3.63. The fourth-order valence-electron chi connectivity index (χ4n) is 4.04. The molecule has 0 saturated carbocycles. The molecule has 0 radical (unpaired) electrons. The van der Waals surface area contributed by atoms with Crippen molar-refractivity contribution < 1.29 is 18.0 Å². The number of nitrogens with zero attached hydrogens (tertiary/aromatic N) is 2. The Morgan fingerprint density at radius 3 is 2.13 bits per heavy atom. The normalized spacial score (nSPS) is 12.3. The Kier molecular flexibility index (Phi) is 12.2. The van der Waals surface area contributed by atoms with Crippen LogP contribution in [-0.2, 0) is 26.2 Å². The summed E-state index contributed by atoms with van der Waals surface area (Å²) in [4.78, 5) is 28.1. The molecule has 1 N–H and O–H groups in total. The Balaban J connectivity index is 2.30. The zero-order valence-corrected chi connectivity index (χ0v) is 25.5. The maximum Gasteiger partial charge on any atom is 0.242 e. The molecular weight excluding hydrogens is 569 g/mol. The van der Waals surface area contributed by atoms with Crippen LogP contribution in [0.25, 0.3) is 0 Å². The van der Waals surface area contributed by atoms with Crippen molar-refractivity contribution in [3.8, 4) is 0 Å². The Morgan fingerprint density at radius 2 is 1.58 bits per heavy atom. The molecule has 2 rings (SSSR count). The largest absolute Gasteiger partial charge is 0.354 e. The molecule has 0 saturated heterocycles. The van der Waals surface area contributed by atoms with Crippen LogP contribution < -0.4 is 9.62 Å². The van der Waals surface area contributed by atoms with Gasteiger partial charge in [-0.2, -0.15) is 0 Å². The van der Waals surface area contributed by atoms with Crippen LogP contribution in [0.4, 0.5) is 5.69 Å². The summed E-state index contributed by atoms with van der Waals surface area (Å²) >= 11 is 19.0. The molecule has 0 bridgehead atoms. The van der Waals surface area contributed by atoms with Gasteiger partial charge >= 0.3 is 0 Å². The van der Waals surface area contributed by atoms with E-state index in [0.717, 1.165) is 6.26 Å². The lowest BCUT2D eigenvalue weighted by atomic mass is 10.1. The smallest absolute Gasteiger partial charge is 0.242 e. The first kappa shape index (κ1) is 32.2. The second kappa shape index (κ2) is 14.4. The molecule has 38 heavy (non-hydrogen) atoms. The Bertz CT molecular complexity index is 1220. The zero-order valence-electron chi connectivity index (χ0n) is 22.4. The molecule has 0 aliphatic rings. The van der Waals surface area contributed by atoms with Gasteiger partial charge in [0.15, 0.2) is 0 Å². The first-order chi connectivity index (χ1) is 17.8. The van der Waals surface area contributed by atoms with E-state index in [1.165, 1.54) is 9.21 Å². The Hall–Kier alpha value is -2.00. The van der Waals surface area contributed by atoms with E-state index < -0.39 is 16.1 Å². The fraction of sp³-hybridized carbons (Fsp3) is 0.481. The van der Waals surface area contributed by atoms with E-state index in [-0.39, 0.29) is 43.7 Å². The van der Waals surface area contributed by atoms with Gasteiger partial charge in [-0.25, -0.2) is 8.42 Å². The van der Waals surface area contributed by atoms with Gasteiger partial charge in [0.1, 0.15) is 6.04 Å². The highest BCUT2D eigenvalue weighted by Gasteiger charge is 2.30. The second-order valence-corrected chi connectivity index (χ2v) is 12.7. The lowest BCUT2D eigenvalue weighted by molar-refractivity contribution is -0.141. The van der Waals surface area contributed by atoms with Gasteiger partial charge in [0, 0.05) is 46.7 Å². The van der Waals surface area contributed by atoms with Crippen LogP contribution >= 0.6 is 34.8 Å². The predicted octanol–water partition coefficient (Wildman–Crippen LogP) is 6.08. The van der Waals surface area contributed by atoms with Crippen molar-refractivity contribution >= 4 is 62.3 Å². The standard InChI is InChI=1S/C27H36Cl3N3O4S/c1-6-24(27(35)31-16-18(2)3)32(17-20-22(29)11-7-12-23(20)30)26(34)14-9-15-33(38(5,36)37)25-13-8-10-21(28)19(25)4/h7-8,10-13,18,24H,6,9,14-17H2,1-5H3,(H,31,35)/t24-/m1/s1. The van der Waals surface area contributed by atoms with Crippen LogP contribution in [0.1, 0.15) is 51.2 Å². The third kappa shape index (κ3) is 8.76. The number of nitrogens with one attached hydrogen (secondary N) is 1. The monoisotopic (exact) mass is 603 g/mol. The van der Waals surface area contributed by atoms with Crippen molar-refractivity contribution in [3.63, 3.8) is 0 Å². The zero-order chi connectivity index (χ0) is 28.6. The van der Waals surface area contributed by atoms with Crippen LogP contribution in [0, 0.1) is 12.8 Å². The molecule has 0 unspecified atom stereocenters. The molecule has 2 aromatic rings. The summed E-state index contributed by atoms with van der Waals surface area (Å²) in [7, 11) is -3.63. The van der Waals surface area contributed by atoms with Crippen molar-refractivity contribution in [2.24, 2.45) is 5.92 Å². The summed E-state index contributed by atoms with van der Waals surface area (Å²) in [5.74, 6) is -0.315. The van der Waals surface area contributed by atoms with Crippen LogP contribution in [0.2, 0.25) is 15.1 Å². The number of rotatable bonds is 13. The third-order valence-corrected chi connectivity index (χ3v) is 8.42. The molecule has 2 amide bonds. The molecular formula is C27H36Cl3N3O4S. The van der Waals surface area contributed by atoms with Crippen molar-refractivity contribution in [1.82, 2.24) is 10.2 Å². The maximum absolute atomic E-state index is 13.6. The SMILES string of the molecule is CC[C@H](C(=O)NCC(C)C)N(Cc1c(Cl)cccc1Cl)C(=O)CCCN(c1cccc(Cl)c1C)S(C)(=O)=O. The van der Waals surface area contributed by atoms with Crippen LogP contribution in [-0.4, -0.2) is 50.5 Å². The average Bonchev–Trinajstić information content (AvgIpc) is 2.83. The first-order valence-electron chi connectivity index (χ1n) is 12.5. The molecule has 0 heterocycles. The summed E-state index contributed by atoms with van der Waals surface area (Å²) in [6.45, 7) is 8.16. The first-order valence-corrected chi connectivity index (χ1v) is 15.5. The van der Waals surface area contributed by atoms with E-state index in [1.54, 1.807) is 43.3 Å². The molecule has 7 nitrogen and oxygen atoms in total. The van der Waals surface area contributed by atoms with Gasteiger partial charge in [0.2, 0.25) is 21.8 Å². The maximum atomic E-state index is 13.6. The molecule has 0 aliphatic carbocycles. The van der Waals surface area contributed by atoms with Gasteiger partial charge < -0.3 is 10.2 Å². The molecule has 210 valence electrons. The minimum Gasteiger partial charge on any atom is -0.354 e. The van der Waals surface area contributed by atoms with Gasteiger partial charge in [-0.15, -0.1) is 0 Å². The molecule has 0 aromatic heterocycles. The lowest BCUT2D eigenvalue weighted by Crippen LogP contribution is -2.49. The number of hydrogen-bond acceptors (Lipinski definition) is 4. The highest BCUT2D eigenvalue weighted by atomic mass is 35.5. The Labute approximate surface area is 241 Å². The molecule has 11 heteroatoms. The van der Waals surface area contributed by atoms with Gasteiger partial charge in [0.25, 0.3) is 0 Å². The lowest BCUT2D eigenvalue weighted by Gasteiger charge is -2.32. The number of carbonyl (C=O) groups is 2. The fourth-order valence-corrected chi connectivity index (χ4v) is 5.75. The minimum absolute atomic E-state index is 0.0155. The summed E-state index contributed by atoms with van der Waals surface area (Å²) in [6, 6.07) is 9.40. The summed E-state index contributed by atoms with van der Waals surface area (Å²) in [6.07, 6.45) is 1.75. The molecule has 0 aliphatic heterocycles. The molecule has 0 fully saturated rings. The van der Waals surface area contributed by atoms with Crippen LogP contribution in [0.3, 0.4) is 0 Å². The number of hydrogen-bond donors (Lipinski definition) is 1. The van der Waals surface area contributed by atoms with E-state index in [2.05, 4.69) is 5.32 Å². The van der Waals surface area contributed by atoms with Crippen LogP contribution in [0.5, 0.6) is 0 Å². The predicted molar refractivity (Wildman–Crippen MR) is 157 cm³/mol. The van der Waals surface area contributed by atoms with Crippen molar-refractivity contribution in [3.05, 3.63) is 62.6 Å². The van der Waals surface area contributed by atoms with E-state index in [0.29, 0.717) is 44.8 Å². The summed E-state index contributed by atoms with van der Waals surface area (Å²) < 4.78 is 26.4. The Morgan fingerprint density at radius 1 is 1.00 bits per heavy atom. The summed E-state index contributed by atoms with van der Waals surface area (Å²) in [5.41, 5.74) is 1.65. The van der Waals surface area contributed by atoms with E-state index in [9.17, 15) is 18.0 Å². The molecule has 1 atom stereocenters. The van der Waals surface area contributed by atoms with E-state index in [4.69, 9.17) is 34.8 Å². The van der Waals surface area contributed by atoms with Crippen LogP contribution in [0.15, 0.2) is 36.4 Å². The van der Waals surface area contributed by atoms with E-state index >= 15 is 0 Å². The molecule has 0 spiro atoms. The highest BCUT2D eigenvalue weighted by molar-refractivity contribution is 7.92. The summed E-state index contributed by atoms with van der Waals surface area (Å²) in [5, 5.41) is 4.16. The quantitative estimate of drug-likeness (QED) is 0.300. The number of carbonyl (C=O) groups excluding carboxylic acids is 2. The van der Waals surface area contributed by atoms with Gasteiger partial charge in [-0.05, 0) is 55.5 Å². The number of benzene rings is 2. The second-order valence-electron chi connectivity index (χ2n) is 9.61. The number of sulfonamides is 1. The van der Waals surface area contributed by atoms with Crippen molar-refractivity contribution in [1.29, 1.82) is 0 Å². The van der Waals surface area contributed by atoms with Crippen molar-refractivity contribution in [2.45, 2.75) is 59.5 Å². The number of amides is 2. The van der Waals surface area contributed by atoms with Crippen molar-refractivity contribution in [2.75, 3.05) is 23.7 Å². The van der Waals surface area contributed by atoms with Gasteiger partial charge in [0.05, 0.1) is 11.9 Å². The molecule has 2 aromatic carbocycles. The van der Waals surface area contributed by atoms with E-state index in [1.807, 2.05) is 20.8 Å². The topological polar surface area (TPSA) is 86.8 Å². The number of anilines is 1. The third-order valence-electron chi connectivity index (χ3n) is 6.12. The number of halogens is 3. The van der Waals surface area contributed by atoms with Gasteiger partial charge in [-0.3, -0.25) is 13.9 Å². The average molecular weight is 605 g/mol. The highest BCUT2D eigenvalue weighted by Crippen LogP contribution is 2.29.